The molecule has 2 heterocycles. The largest absolute Gasteiger partial charge is 0.468 e. The van der Waals surface area contributed by atoms with E-state index in [1.54, 1.807) is 6.26 Å². The van der Waals surface area contributed by atoms with Crippen LogP contribution in [0.2, 0.25) is 0 Å². The van der Waals surface area contributed by atoms with Gasteiger partial charge in [0.05, 0.1) is 12.3 Å². The monoisotopic (exact) mass is 366 g/mol. The first kappa shape index (κ1) is 18.1. The van der Waals surface area contributed by atoms with Crippen LogP contribution in [0.4, 0.5) is 0 Å². The van der Waals surface area contributed by atoms with Crippen LogP contribution in [0.5, 0.6) is 0 Å². The van der Waals surface area contributed by atoms with Gasteiger partial charge in [-0.2, -0.15) is 0 Å². The Morgan fingerprint density at radius 3 is 2.74 bits per heavy atom. The Hall–Kier alpha value is -2.27. The summed E-state index contributed by atoms with van der Waals surface area (Å²) in [6.07, 6.45) is 6.80. The second kappa shape index (κ2) is 8.61. The Labute approximate surface area is 161 Å². The lowest BCUT2D eigenvalue weighted by Crippen LogP contribution is -2.45. The maximum atomic E-state index is 5.74. The minimum Gasteiger partial charge on any atom is -0.468 e. The number of rotatable bonds is 6. The Bertz CT molecular complexity index is 749. The molecule has 0 amide bonds. The average Bonchev–Trinajstić information content (AvgIpc) is 3.22. The molecule has 2 aromatic rings. The molecule has 5 heteroatoms. The predicted molar refractivity (Wildman–Crippen MR) is 109 cm³/mol. The number of guanidine groups is 1. The number of nitrogens with one attached hydrogen (secondary N) is 2. The molecule has 1 fully saturated rings. The van der Waals surface area contributed by atoms with Crippen molar-refractivity contribution in [3.8, 4) is 0 Å². The smallest absolute Gasteiger partial charge is 0.191 e. The van der Waals surface area contributed by atoms with Gasteiger partial charge in [0.2, 0.25) is 0 Å². The summed E-state index contributed by atoms with van der Waals surface area (Å²) in [7, 11) is 1.84. The minimum atomic E-state index is 0.253. The molecule has 1 aromatic heterocycles. The topological polar surface area (TPSA) is 52.8 Å². The van der Waals surface area contributed by atoms with Crippen LogP contribution >= 0.6 is 0 Å². The number of piperidine rings is 1. The van der Waals surface area contributed by atoms with Crippen molar-refractivity contribution in [2.24, 2.45) is 4.99 Å². The van der Waals surface area contributed by atoms with Gasteiger partial charge < -0.3 is 15.1 Å². The maximum Gasteiger partial charge on any atom is 0.191 e. The first-order valence-electron chi connectivity index (χ1n) is 10.1. The standard InChI is InChI=1S/C22H30N4O/c1-23-22(24-15-18-14-17-8-3-4-9-19(17)18)25-16-20(21-10-7-13-27-21)26-11-5-2-6-12-26/h3-4,7-10,13,18,20H,2,5-6,11-12,14-16H2,1H3,(H2,23,24,25). The molecule has 0 spiro atoms. The molecule has 2 aliphatic rings. The van der Waals surface area contributed by atoms with Gasteiger partial charge in [0.1, 0.15) is 5.76 Å². The van der Waals surface area contributed by atoms with Gasteiger partial charge in [-0.25, -0.2) is 0 Å². The average molecular weight is 367 g/mol. The third kappa shape index (κ3) is 4.19. The van der Waals surface area contributed by atoms with Crippen molar-refractivity contribution in [1.29, 1.82) is 0 Å². The normalized spacial score (nSPS) is 21.2. The summed E-state index contributed by atoms with van der Waals surface area (Å²) < 4.78 is 5.74. The number of nitrogens with zero attached hydrogens (tertiary/aromatic N) is 2. The zero-order chi connectivity index (χ0) is 18.5. The number of hydrogen-bond donors (Lipinski definition) is 2. The highest BCUT2D eigenvalue weighted by Crippen LogP contribution is 2.34. The molecule has 2 unspecified atom stereocenters. The SMILES string of the molecule is CN=C(NCC1Cc2ccccc21)NCC(c1ccco1)N1CCCCC1. The summed E-state index contributed by atoms with van der Waals surface area (Å²) in [5, 5.41) is 7.03. The highest BCUT2D eigenvalue weighted by Gasteiger charge is 2.26. The second-order valence-electron chi connectivity index (χ2n) is 7.56. The third-order valence-electron chi connectivity index (χ3n) is 5.87. The van der Waals surface area contributed by atoms with Crippen LogP contribution in [-0.4, -0.2) is 44.1 Å². The Morgan fingerprint density at radius 2 is 2.00 bits per heavy atom. The van der Waals surface area contributed by atoms with Crippen LogP contribution in [0.1, 0.15) is 48.1 Å². The summed E-state index contributed by atoms with van der Waals surface area (Å²) in [4.78, 5) is 6.95. The summed E-state index contributed by atoms with van der Waals surface area (Å²) >= 11 is 0. The van der Waals surface area contributed by atoms with Crippen LogP contribution in [0.25, 0.3) is 0 Å². The highest BCUT2D eigenvalue weighted by molar-refractivity contribution is 5.79. The Morgan fingerprint density at radius 1 is 1.15 bits per heavy atom. The third-order valence-corrected chi connectivity index (χ3v) is 5.87. The Kier molecular flexibility index (Phi) is 5.78. The fourth-order valence-electron chi connectivity index (χ4n) is 4.30. The van der Waals surface area contributed by atoms with Crippen LogP contribution in [0.3, 0.4) is 0 Å². The zero-order valence-electron chi connectivity index (χ0n) is 16.2. The van der Waals surface area contributed by atoms with Crippen molar-refractivity contribution in [2.45, 2.75) is 37.6 Å². The number of hydrogen-bond acceptors (Lipinski definition) is 3. The number of aliphatic imine (C=N–C) groups is 1. The minimum absolute atomic E-state index is 0.253. The zero-order valence-corrected chi connectivity index (χ0v) is 16.2. The van der Waals surface area contributed by atoms with E-state index in [1.807, 2.05) is 13.1 Å². The van der Waals surface area contributed by atoms with Crippen LogP contribution in [0, 0.1) is 0 Å². The first-order valence-corrected chi connectivity index (χ1v) is 10.1. The van der Waals surface area contributed by atoms with Crippen molar-refractivity contribution in [3.63, 3.8) is 0 Å². The van der Waals surface area contributed by atoms with Gasteiger partial charge in [-0.15, -0.1) is 0 Å². The van der Waals surface area contributed by atoms with Gasteiger partial charge in [0.15, 0.2) is 5.96 Å². The molecule has 144 valence electrons. The number of furan rings is 1. The molecule has 1 saturated heterocycles. The van der Waals surface area contributed by atoms with Crippen LogP contribution in [0.15, 0.2) is 52.1 Å². The van der Waals surface area contributed by atoms with Gasteiger partial charge in [-0.3, -0.25) is 9.89 Å². The first-order chi connectivity index (χ1) is 13.3. The molecular formula is C22H30N4O. The van der Waals surface area contributed by atoms with Crippen LogP contribution < -0.4 is 10.6 Å². The van der Waals surface area contributed by atoms with Gasteiger partial charge in [0, 0.05) is 26.1 Å². The van der Waals surface area contributed by atoms with E-state index < -0.39 is 0 Å². The van der Waals surface area contributed by atoms with E-state index in [4.69, 9.17) is 4.42 Å². The van der Waals surface area contributed by atoms with E-state index in [1.165, 1.54) is 30.4 Å². The molecule has 5 nitrogen and oxygen atoms in total. The molecule has 2 N–H and O–H groups in total. The molecule has 27 heavy (non-hydrogen) atoms. The summed E-state index contributed by atoms with van der Waals surface area (Å²) in [5.41, 5.74) is 2.96. The Balaban J connectivity index is 1.32. The fraction of sp³-hybridized carbons (Fsp3) is 0.500. The summed E-state index contributed by atoms with van der Waals surface area (Å²) in [6.45, 7) is 4.00. The molecule has 1 aliphatic carbocycles. The van der Waals surface area contributed by atoms with E-state index in [0.717, 1.165) is 44.3 Å². The van der Waals surface area contributed by atoms with Crippen molar-refractivity contribution >= 4 is 5.96 Å². The lowest BCUT2D eigenvalue weighted by atomic mass is 9.78. The van der Waals surface area contributed by atoms with Gasteiger partial charge in [-0.1, -0.05) is 30.7 Å². The number of benzene rings is 1. The lowest BCUT2D eigenvalue weighted by Gasteiger charge is -2.34. The summed E-state index contributed by atoms with van der Waals surface area (Å²) in [5.74, 6) is 2.49. The van der Waals surface area contributed by atoms with E-state index >= 15 is 0 Å². The van der Waals surface area contributed by atoms with Crippen molar-refractivity contribution in [2.75, 3.05) is 33.2 Å². The van der Waals surface area contributed by atoms with Gasteiger partial charge in [-0.05, 0) is 55.6 Å². The fourth-order valence-corrected chi connectivity index (χ4v) is 4.30. The van der Waals surface area contributed by atoms with Crippen molar-refractivity contribution in [1.82, 2.24) is 15.5 Å². The lowest BCUT2D eigenvalue weighted by molar-refractivity contribution is 0.146. The molecule has 0 bridgehead atoms. The van der Waals surface area contributed by atoms with Crippen LogP contribution in [-0.2, 0) is 6.42 Å². The van der Waals surface area contributed by atoms with E-state index in [-0.39, 0.29) is 6.04 Å². The molecule has 4 rings (SSSR count). The second-order valence-corrected chi connectivity index (χ2v) is 7.56. The predicted octanol–water partition coefficient (Wildman–Crippen LogP) is 3.31. The van der Waals surface area contributed by atoms with E-state index in [0.29, 0.717) is 5.92 Å². The van der Waals surface area contributed by atoms with Gasteiger partial charge >= 0.3 is 0 Å². The molecule has 0 radical (unpaired) electrons. The summed E-state index contributed by atoms with van der Waals surface area (Å²) in [6, 6.07) is 13.0. The quantitative estimate of drug-likeness (QED) is 0.608. The van der Waals surface area contributed by atoms with Gasteiger partial charge in [0.25, 0.3) is 0 Å². The molecule has 0 saturated carbocycles. The molecular weight excluding hydrogens is 336 g/mol. The molecule has 1 aliphatic heterocycles. The molecule has 1 aromatic carbocycles. The van der Waals surface area contributed by atoms with Crippen molar-refractivity contribution < 1.29 is 4.42 Å². The highest BCUT2D eigenvalue weighted by atomic mass is 16.3. The van der Waals surface area contributed by atoms with E-state index in [9.17, 15) is 0 Å². The van der Waals surface area contributed by atoms with E-state index in [2.05, 4.69) is 50.9 Å². The van der Waals surface area contributed by atoms with Crippen molar-refractivity contribution in [3.05, 3.63) is 59.5 Å². The molecule has 2 atom stereocenters. The maximum absolute atomic E-state index is 5.74. The number of likely N-dealkylation sites (tertiary alicyclic amines) is 1. The number of fused-ring (bicyclic) bond motifs is 1.